The number of piperazine rings is 2. The smallest absolute Gasteiger partial charge is 0.231 e. The van der Waals surface area contributed by atoms with Gasteiger partial charge in [0.1, 0.15) is 35.1 Å². The minimum absolute atomic E-state index is 0. The van der Waals surface area contributed by atoms with Crippen LogP contribution in [0.4, 0.5) is 0 Å². The third-order valence-electron chi connectivity index (χ3n) is 18.6. The van der Waals surface area contributed by atoms with Crippen LogP contribution in [0.5, 0.6) is 46.0 Å². The van der Waals surface area contributed by atoms with Gasteiger partial charge in [-0.05, 0) is 121 Å². The number of likely N-dealkylation sites (N-methyl/N-ethyl adjacent to an activating group) is 2. The van der Waals surface area contributed by atoms with Crippen molar-refractivity contribution in [2.24, 2.45) is 5.73 Å². The van der Waals surface area contributed by atoms with Gasteiger partial charge in [0, 0.05) is 176 Å². The number of phenolic OH excluding ortho intramolecular Hbond substituents is 4. The van der Waals surface area contributed by atoms with E-state index >= 15 is 0 Å². The van der Waals surface area contributed by atoms with Crippen molar-refractivity contribution >= 4 is 5.91 Å². The second-order valence-corrected chi connectivity index (χ2v) is 22.2. The first-order valence-corrected chi connectivity index (χ1v) is 26.6. The number of nitrogens with two attached hydrogens (primary N) is 1. The number of aromatic hydroxyl groups is 4. The number of rotatable bonds is 7. The molecule has 1 amide bonds. The molecule has 8 aliphatic rings. The molecule has 4 bridgehead atoms. The molecule has 0 saturated carbocycles. The standard InChI is InChI=1S/C32H40N4O5.C26H30N4O4.2Ac/c1-6-7-8-9-25(37)34-14-24-27-20(29(38)18(4)31-32(27)41-15-40-31)12-22-28-26-19(10-16(2)17(3)30(26)39)11-21(35(28)5)23(13-33)36(22)24;1-11-5-14-6-16-18(8-27)30-17(22(29(16)4)20(14)24(32)12(11)2)7-15-21(19(30)9-28)26-25(33-10-34-26)13(3)23(15)31;;/h10,21-24,28,38-39H,6-9,11-12,14-15H2,1-5H3,(H,34,37);5,16-19,22,31-32H,6-7,9-10,28H2,1-4H3;;/t21-,22?,23-,24-,28-;16-,17?,18-,19-,22-;;/m00../s1. The van der Waals surface area contributed by atoms with E-state index < -0.39 is 18.1 Å². The predicted octanol–water partition coefficient (Wildman–Crippen LogP) is 6.70. The molecular formula is C58H70Ac2N8O9. The first-order chi connectivity index (χ1) is 36.0. The maximum Gasteiger partial charge on any atom is 0.231 e. The average molecular weight is 1480 g/mol. The molecule has 7 N–H and O–H groups in total. The number of hydrogen-bond acceptors (Lipinski definition) is 16. The molecule has 10 atom stereocenters. The van der Waals surface area contributed by atoms with Gasteiger partial charge in [-0.25, -0.2) is 0 Å². The van der Waals surface area contributed by atoms with Crippen molar-refractivity contribution in [3.8, 4) is 58.1 Å². The van der Waals surface area contributed by atoms with E-state index in [0.29, 0.717) is 77.7 Å². The minimum atomic E-state index is -0.477. The number of amides is 1. The van der Waals surface area contributed by atoms with E-state index in [1.165, 1.54) is 0 Å². The van der Waals surface area contributed by atoms with Crippen LogP contribution in [0.1, 0.15) is 135 Å². The van der Waals surface area contributed by atoms with Crippen molar-refractivity contribution in [3.05, 3.63) is 90.0 Å². The summed E-state index contributed by atoms with van der Waals surface area (Å²) in [7, 11) is 4.09. The fraction of sp³-hybridized carbons (Fsp3) is 0.534. The first-order valence-electron chi connectivity index (χ1n) is 26.6. The summed E-state index contributed by atoms with van der Waals surface area (Å²) in [6, 6.07) is 7.06. The van der Waals surface area contributed by atoms with Crippen molar-refractivity contribution in [2.45, 2.75) is 160 Å². The number of aryl methyl sites for hydroxylation is 2. The number of nitrogens with zero attached hydrogens (tertiary/aromatic N) is 6. The maximum atomic E-state index is 12.9. The number of nitriles is 2. The van der Waals surface area contributed by atoms with Crippen LogP contribution in [0.2, 0.25) is 0 Å². The Morgan fingerprint density at radius 3 is 1.48 bits per heavy atom. The number of fused-ring (bicyclic) bond motifs is 18. The molecule has 0 aliphatic carbocycles. The van der Waals surface area contributed by atoms with Crippen LogP contribution in [-0.4, -0.2) is 123 Å². The van der Waals surface area contributed by atoms with Crippen LogP contribution in [0.15, 0.2) is 12.1 Å². The van der Waals surface area contributed by atoms with E-state index in [0.717, 1.165) is 86.0 Å². The molecule has 402 valence electrons. The van der Waals surface area contributed by atoms with E-state index in [4.69, 9.17) is 24.7 Å². The van der Waals surface area contributed by atoms with E-state index in [9.17, 15) is 35.7 Å². The van der Waals surface area contributed by atoms with Crippen molar-refractivity contribution < 1.29 is 132 Å². The molecule has 4 aromatic rings. The molecular weight excluding hydrogens is 1410 g/mol. The second-order valence-electron chi connectivity index (χ2n) is 22.2. The molecule has 8 aliphatic heterocycles. The molecule has 2 saturated heterocycles. The Hall–Kier alpha value is -3.59. The summed E-state index contributed by atoms with van der Waals surface area (Å²) in [4.78, 5) is 21.9. The molecule has 2 radical (unpaired) electrons. The molecule has 0 spiro atoms. The Morgan fingerprint density at radius 2 is 1.05 bits per heavy atom. The normalized spacial score (nSPS) is 26.8. The van der Waals surface area contributed by atoms with Gasteiger partial charge < -0.3 is 50.4 Å². The number of carbonyl (C=O) groups is 1. The van der Waals surface area contributed by atoms with Crippen LogP contribution >= 0.6 is 0 Å². The van der Waals surface area contributed by atoms with Gasteiger partial charge >= 0.3 is 0 Å². The molecule has 8 heterocycles. The van der Waals surface area contributed by atoms with Crippen molar-refractivity contribution in [1.82, 2.24) is 24.9 Å². The summed E-state index contributed by atoms with van der Waals surface area (Å²) in [5, 5.41) is 69.7. The predicted molar refractivity (Wildman–Crippen MR) is 278 cm³/mol. The topological polar surface area (TPSA) is 233 Å². The zero-order chi connectivity index (χ0) is 53.2. The van der Waals surface area contributed by atoms with Crippen molar-refractivity contribution in [3.63, 3.8) is 0 Å². The summed E-state index contributed by atoms with van der Waals surface area (Å²) in [5.74, 6) is 3.30. The molecule has 17 nitrogen and oxygen atoms in total. The van der Waals surface area contributed by atoms with Gasteiger partial charge in [-0.3, -0.25) is 24.4 Å². The Morgan fingerprint density at radius 1 is 0.623 bits per heavy atom. The number of hydrogen-bond donors (Lipinski definition) is 6. The minimum Gasteiger partial charge on any atom is -0.507 e. The third kappa shape index (κ3) is 8.94. The monoisotopic (exact) mass is 1480 g/mol. The zero-order valence-corrected chi connectivity index (χ0v) is 55.2. The van der Waals surface area contributed by atoms with Gasteiger partial charge in [-0.15, -0.1) is 0 Å². The Kier molecular flexibility index (Phi) is 16.9. The quantitative estimate of drug-likeness (QED) is 0.106. The van der Waals surface area contributed by atoms with Gasteiger partial charge in [0.2, 0.25) is 19.5 Å². The average Bonchev–Trinajstić information content (AvgIpc) is 4.19. The zero-order valence-electron chi connectivity index (χ0n) is 45.7. The molecule has 77 heavy (non-hydrogen) atoms. The van der Waals surface area contributed by atoms with Crippen molar-refractivity contribution in [1.29, 1.82) is 10.5 Å². The fourth-order valence-corrected chi connectivity index (χ4v) is 14.7. The van der Waals surface area contributed by atoms with Gasteiger partial charge in [0.05, 0.1) is 36.3 Å². The first kappa shape index (κ1) is 58.1. The van der Waals surface area contributed by atoms with E-state index in [1.54, 1.807) is 0 Å². The molecule has 19 heteroatoms. The molecule has 4 aromatic carbocycles. The Bertz CT molecular complexity index is 3140. The number of benzene rings is 4. The Labute approximate surface area is 523 Å². The van der Waals surface area contributed by atoms with Gasteiger partial charge in [0.15, 0.2) is 23.0 Å². The summed E-state index contributed by atoms with van der Waals surface area (Å²) in [5.41, 5.74) is 18.7. The molecule has 12 rings (SSSR count). The molecule has 2 unspecified atom stereocenters. The number of ether oxygens (including phenoxy) is 4. The SMILES string of the molecule is CCCCCC(=O)NC[C@H]1c2c(c(O)c(C)c3c2OCO3)CC2[C@H]3c4c(cc(C)c(C)c4O)C[C@@H]([C@H](C#N)N21)N3C.Cc1cc2c(c(O)c1C)[C@@H]1C3Cc4c(O)c(C)c5c(c4[C@H](CN)N3[C@@H](C#N)[C@H](C2)N1C)OCO5.[Ac].[Ac]. The van der Waals surface area contributed by atoms with Gasteiger partial charge in [-0.2, -0.15) is 10.5 Å². The number of nitrogens with one attached hydrogen (secondary N) is 1. The number of carbonyl (C=O) groups excluding carboxylic acids is 1. The van der Waals surface area contributed by atoms with Crippen LogP contribution in [0.3, 0.4) is 0 Å². The van der Waals surface area contributed by atoms with Crippen LogP contribution < -0.4 is 30.0 Å². The summed E-state index contributed by atoms with van der Waals surface area (Å²) in [6.07, 6.45) is 5.60. The van der Waals surface area contributed by atoms with Crippen molar-refractivity contribution in [2.75, 3.05) is 40.8 Å². The van der Waals surface area contributed by atoms with Crippen LogP contribution in [-0.2, 0) is 30.5 Å². The second kappa shape index (κ2) is 22.4. The largest absolute Gasteiger partial charge is 0.507 e. The fourth-order valence-electron chi connectivity index (χ4n) is 14.7. The maximum absolute atomic E-state index is 12.9. The third-order valence-corrected chi connectivity index (χ3v) is 18.6. The van der Waals surface area contributed by atoms with E-state index in [1.807, 2.05) is 55.6 Å². The Balaban J connectivity index is 0.000000186. The number of phenols is 4. The van der Waals surface area contributed by atoms with Gasteiger partial charge in [-0.1, -0.05) is 31.9 Å². The molecule has 2 fully saturated rings. The molecule has 0 aromatic heterocycles. The summed E-state index contributed by atoms with van der Waals surface area (Å²) >= 11 is 0. The number of unbranched alkanes of at least 4 members (excludes halogenated alkanes) is 2. The van der Waals surface area contributed by atoms with Crippen LogP contribution in [0, 0.1) is 152 Å². The summed E-state index contributed by atoms with van der Waals surface area (Å²) in [6.45, 7) is 14.4. The van der Waals surface area contributed by atoms with Gasteiger partial charge in [0.25, 0.3) is 0 Å². The van der Waals surface area contributed by atoms with E-state index in [-0.39, 0.29) is 174 Å². The van der Waals surface area contributed by atoms with Crippen LogP contribution in [0.25, 0.3) is 0 Å². The summed E-state index contributed by atoms with van der Waals surface area (Å²) < 4.78 is 23.4. The van der Waals surface area contributed by atoms with E-state index in [2.05, 4.69) is 56.1 Å².